The van der Waals surface area contributed by atoms with E-state index in [2.05, 4.69) is 22.2 Å². The Labute approximate surface area is 182 Å². The van der Waals surface area contributed by atoms with E-state index in [1.165, 1.54) is 30.0 Å². The van der Waals surface area contributed by atoms with Crippen LogP contribution in [0.2, 0.25) is 0 Å². The molecule has 1 unspecified atom stereocenters. The first kappa shape index (κ1) is 21.1. The normalized spacial score (nSPS) is 17.7. The number of nitrogens with one attached hydrogen (secondary N) is 2. The van der Waals surface area contributed by atoms with E-state index in [0.717, 1.165) is 18.6 Å². The molecule has 31 heavy (non-hydrogen) atoms. The van der Waals surface area contributed by atoms with Crippen molar-refractivity contribution in [3.05, 3.63) is 61.1 Å². The van der Waals surface area contributed by atoms with Crippen LogP contribution in [-0.2, 0) is 4.79 Å². The summed E-state index contributed by atoms with van der Waals surface area (Å²) < 4.78 is 0. The number of nitrogens with zero attached hydrogens (tertiary/aromatic N) is 2. The molecular weight excluding hydrogens is 420 g/mol. The molecule has 4 rings (SSSR count). The Kier molecular flexibility index (Phi) is 5.81. The number of nitro groups is 1. The van der Waals surface area contributed by atoms with Gasteiger partial charge in [-0.15, -0.1) is 0 Å². The Morgan fingerprint density at radius 2 is 2.13 bits per heavy atom. The topological polar surface area (TPSA) is 138 Å². The Bertz CT molecular complexity index is 1160. The van der Waals surface area contributed by atoms with Crippen LogP contribution in [0.5, 0.6) is 5.75 Å². The molecule has 1 aliphatic heterocycles. The van der Waals surface area contributed by atoms with Crippen molar-refractivity contribution in [1.29, 1.82) is 0 Å². The number of thioether (sulfide) groups is 1. The second-order valence-corrected chi connectivity index (χ2v) is 8.65. The molecule has 0 fully saturated rings. The lowest BCUT2D eigenvalue weighted by molar-refractivity contribution is -0.385. The largest absolute Gasteiger partial charge is 0.502 e. The Balaban J connectivity index is 1.88. The molecule has 0 amide bonds. The molecule has 0 saturated heterocycles. The summed E-state index contributed by atoms with van der Waals surface area (Å²) in [6, 6.07) is 3.96. The number of anilines is 1. The van der Waals surface area contributed by atoms with Crippen LogP contribution in [0.4, 0.5) is 11.5 Å². The van der Waals surface area contributed by atoms with Gasteiger partial charge in [-0.2, -0.15) is 0 Å². The summed E-state index contributed by atoms with van der Waals surface area (Å²) in [5.74, 6) is -0.165. The van der Waals surface area contributed by atoms with E-state index in [1.54, 1.807) is 0 Å². The Morgan fingerprint density at radius 1 is 1.32 bits per heavy atom. The first-order valence-electron chi connectivity index (χ1n) is 10.2. The fourth-order valence-electron chi connectivity index (χ4n) is 4.02. The van der Waals surface area contributed by atoms with Gasteiger partial charge in [-0.1, -0.05) is 31.2 Å². The summed E-state index contributed by atoms with van der Waals surface area (Å²) in [4.78, 5) is 44.0. The number of carbonyl (C=O) groups excluding carboxylic acids is 1. The monoisotopic (exact) mass is 442 g/mol. The summed E-state index contributed by atoms with van der Waals surface area (Å²) in [5.41, 5.74) is 0.938. The second-order valence-electron chi connectivity index (χ2n) is 7.57. The number of unbranched alkanes of at least 4 members (excludes halogenated alkanes) is 1. The van der Waals surface area contributed by atoms with E-state index in [4.69, 9.17) is 0 Å². The number of hydrogen-bond acceptors (Lipinski definition) is 8. The molecule has 3 N–H and O–H groups in total. The molecular formula is C21H22N4O5S. The van der Waals surface area contributed by atoms with Crippen LogP contribution >= 0.6 is 11.8 Å². The minimum atomic E-state index is -0.788. The average Bonchev–Trinajstić information content (AvgIpc) is 2.73. The molecule has 2 aliphatic rings. The molecule has 2 aromatic rings. The van der Waals surface area contributed by atoms with Gasteiger partial charge in [-0.05, 0) is 30.9 Å². The summed E-state index contributed by atoms with van der Waals surface area (Å²) in [5, 5.41) is 24.9. The van der Waals surface area contributed by atoms with Gasteiger partial charge in [0.05, 0.1) is 10.5 Å². The minimum Gasteiger partial charge on any atom is -0.502 e. The van der Waals surface area contributed by atoms with Gasteiger partial charge in [0.25, 0.3) is 5.56 Å². The smallest absolute Gasteiger partial charge is 0.310 e. The van der Waals surface area contributed by atoms with Gasteiger partial charge in [0.1, 0.15) is 5.82 Å². The molecule has 0 bridgehead atoms. The number of rotatable bonds is 6. The van der Waals surface area contributed by atoms with Crippen molar-refractivity contribution in [3.63, 3.8) is 0 Å². The Hall–Kier alpha value is -3.14. The maximum absolute atomic E-state index is 13.1. The number of ketones is 1. The third-order valence-electron chi connectivity index (χ3n) is 5.50. The highest BCUT2D eigenvalue weighted by Gasteiger charge is 2.38. The van der Waals surface area contributed by atoms with Crippen molar-refractivity contribution in [2.24, 2.45) is 0 Å². The zero-order valence-corrected chi connectivity index (χ0v) is 17.8. The number of H-pyrrole nitrogens is 1. The van der Waals surface area contributed by atoms with Crippen LogP contribution in [0.3, 0.4) is 0 Å². The summed E-state index contributed by atoms with van der Waals surface area (Å²) in [6.45, 7) is 2.08. The molecule has 0 saturated carbocycles. The number of phenolic OH excluding ortho intramolecular Hbond substituents is 1. The highest BCUT2D eigenvalue weighted by Crippen LogP contribution is 2.44. The molecule has 0 radical (unpaired) electrons. The van der Waals surface area contributed by atoms with Crippen LogP contribution < -0.4 is 10.9 Å². The van der Waals surface area contributed by atoms with Gasteiger partial charge in [-0.3, -0.25) is 19.7 Å². The van der Waals surface area contributed by atoms with Gasteiger partial charge >= 0.3 is 5.69 Å². The fourth-order valence-corrected chi connectivity index (χ4v) is 4.97. The van der Waals surface area contributed by atoms with Crippen LogP contribution in [0.15, 0.2) is 39.4 Å². The Morgan fingerprint density at radius 3 is 2.87 bits per heavy atom. The van der Waals surface area contributed by atoms with Crippen molar-refractivity contribution < 1.29 is 14.8 Å². The average molecular weight is 442 g/mol. The van der Waals surface area contributed by atoms with Gasteiger partial charge in [-0.25, -0.2) is 4.98 Å². The number of aromatic amines is 1. The van der Waals surface area contributed by atoms with Crippen molar-refractivity contribution in [2.45, 2.75) is 50.1 Å². The van der Waals surface area contributed by atoms with Crippen molar-refractivity contribution in [1.82, 2.24) is 9.97 Å². The number of Topliss-reactive ketones (excluding diaryl/α,β-unsaturated/α-hetero) is 1. The molecule has 1 aliphatic carbocycles. The number of fused-ring (bicyclic) bond motifs is 1. The predicted molar refractivity (Wildman–Crippen MR) is 117 cm³/mol. The van der Waals surface area contributed by atoms with Gasteiger partial charge in [0.2, 0.25) is 0 Å². The number of hydrogen-bond donors (Lipinski definition) is 3. The summed E-state index contributed by atoms with van der Waals surface area (Å²) >= 11 is 1.46. The van der Waals surface area contributed by atoms with E-state index in [0.29, 0.717) is 47.1 Å². The first-order valence-corrected chi connectivity index (χ1v) is 11.2. The van der Waals surface area contributed by atoms with Crippen LogP contribution in [-0.4, -0.2) is 31.5 Å². The van der Waals surface area contributed by atoms with Gasteiger partial charge < -0.3 is 15.4 Å². The third-order valence-corrected chi connectivity index (χ3v) is 6.46. The number of allylic oxidation sites excluding steroid dienone is 2. The van der Waals surface area contributed by atoms with Crippen LogP contribution in [0.25, 0.3) is 0 Å². The standard InChI is InChI=1S/C21H22N4O5S/c1-2-3-9-31-21-23-19-18(20(28)24-21)16(17-12(22-19)5-4-6-15(17)27)11-7-8-14(26)13(10-11)25(29)30/h7-8,10,16,26H,2-6,9H2,1H3,(H2,22,23,24,28). The highest BCUT2D eigenvalue weighted by molar-refractivity contribution is 7.99. The zero-order valence-electron chi connectivity index (χ0n) is 16.9. The number of nitro benzene ring substituents is 1. The van der Waals surface area contributed by atoms with E-state index < -0.39 is 22.3 Å². The fraction of sp³-hybridized carbons (Fsp3) is 0.381. The first-order chi connectivity index (χ1) is 14.9. The lowest BCUT2D eigenvalue weighted by Gasteiger charge is -2.32. The van der Waals surface area contributed by atoms with Gasteiger partial charge in [0, 0.05) is 35.4 Å². The molecule has 10 heteroatoms. The lowest BCUT2D eigenvalue weighted by Crippen LogP contribution is -2.32. The molecule has 162 valence electrons. The summed E-state index contributed by atoms with van der Waals surface area (Å²) in [6.07, 6.45) is 3.68. The van der Waals surface area contributed by atoms with E-state index in [9.17, 15) is 24.8 Å². The van der Waals surface area contributed by atoms with E-state index in [1.807, 2.05) is 0 Å². The van der Waals surface area contributed by atoms with Gasteiger partial charge in [0.15, 0.2) is 16.7 Å². The third kappa shape index (κ3) is 3.95. The van der Waals surface area contributed by atoms with E-state index >= 15 is 0 Å². The lowest BCUT2D eigenvalue weighted by atomic mass is 9.76. The zero-order chi connectivity index (χ0) is 22.1. The molecule has 0 spiro atoms. The molecule has 9 nitrogen and oxygen atoms in total. The molecule has 1 aromatic carbocycles. The van der Waals surface area contributed by atoms with Crippen LogP contribution in [0, 0.1) is 10.1 Å². The van der Waals surface area contributed by atoms with Crippen LogP contribution in [0.1, 0.15) is 56.1 Å². The molecule has 2 heterocycles. The van der Waals surface area contributed by atoms with Crippen molar-refractivity contribution in [3.8, 4) is 5.75 Å². The number of phenols is 1. The van der Waals surface area contributed by atoms with E-state index in [-0.39, 0.29) is 16.9 Å². The van der Waals surface area contributed by atoms with Crippen molar-refractivity contribution in [2.75, 3.05) is 11.1 Å². The maximum atomic E-state index is 13.1. The SMILES string of the molecule is CCCCSc1nc2c(c(=O)[nH]1)C(c1ccc(O)c([N+](=O)[O-])c1)C1=C(CCCC1=O)N2. The molecule has 1 atom stereocenters. The molecule has 1 aromatic heterocycles. The highest BCUT2D eigenvalue weighted by atomic mass is 32.2. The maximum Gasteiger partial charge on any atom is 0.310 e. The van der Waals surface area contributed by atoms with Crippen molar-refractivity contribution >= 4 is 29.1 Å². The number of aromatic nitrogens is 2. The minimum absolute atomic E-state index is 0.0964. The predicted octanol–water partition coefficient (Wildman–Crippen LogP) is 3.84. The number of carbonyl (C=O) groups is 1. The number of benzene rings is 1. The summed E-state index contributed by atoms with van der Waals surface area (Å²) in [7, 11) is 0. The number of aromatic hydroxyl groups is 1. The second kappa shape index (κ2) is 8.54. The quantitative estimate of drug-likeness (QED) is 0.202.